The van der Waals surface area contributed by atoms with Crippen molar-refractivity contribution in [2.45, 2.75) is 12.6 Å². The molecule has 4 heterocycles. The number of aromatic hydroxyl groups is 1. The van der Waals surface area contributed by atoms with E-state index in [0.29, 0.717) is 30.3 Å². The van der Waals surface area contributed by atoms with Crippen molar-refractivity contribution < 1.29 is 28.9 Å². The number of H-pyrrole nitrogens is 1. The summed E-state index contributed by atoms with van der Waals surface area (Å²) in [6.07, 6.45) is 3.15. The molecule has 186 valence electrons. The van der Waals surface area contributed by atoms with Crippen LogP contribution in [0.1, 0.15) is 16.5 Å². The molecule has 0 spiro atoms. The summed E-state index contributed by atoms with van der Waals surface area (Å²) >= 11 is 1.02. The van der Waals surface area contributed by atoms with Gasteiger partial charge in [0.2, 0.25) is 5.88 Å². The highest BCUT2D eigenvalue weighted by atomic mass is 32.1. The Morgan fingerprint density at radius 1 is 1.31 bits per heavy atom. The number of nitrogens with one attached hydrogen (secondary N) is 2. The van der Waals surface area contributed by atoms with Gasteiger partial charge in [0.25, 0.3) is 5.91 Å². The molecule has 0 saturated heterocycles. The van der Waals surface area contributed by atoms with Gasteiger partial charge in [-0.25, -0.2) is 19.1 Å². The number of benzene rings is 1. The average Bonchev–Trinajstić information content (AvgIpc) is 3.63. The Morgan fingerprint density at radius 2 is 2.11 bits per heavy atom. The van der Waals surface area contributed by atoms with E-state index in [4.69, 9.17) is 9.47 Å². The molecular weight excluding hydrogens is 492 g/mol. The van der Waals surface area contributed by atoms with E-state index in [2.05, 4.69) is 25.1 Å². The van der Waals surface area contributed by atoms with Crippen LogP contribution in [0, 0.1) is 0 Å². The van der Waals surface area contributed by atoms with Gasteiger partial charge >= 0.3 is 11.7 Å². The molecule has 0 saturated carbocycles. The maximum Gasteiger partial charge on any atom is 0.357 e. The number of imidazole rings is 1. The summed E-state index contributed by atoms with van der Waals surface area (Å²) in [5.41, 5.74) is -0.103. The maximum absolute atomic E-state index is 13.3. The minimum absolute atomic E-state index is 0.0315. The van der Waals surface area contributed by atoms with Gasteiger partial charge in [0.15, 0.2) is 22.3 Å². The molecule has 1 atom stereocenters. The summed E-state index contributed by atoms with van der Waals surface area (Å²) in [6, 6.07) is 5.42. The Bertz CT molecular complexity index is 1470. The number of esters is 1. The van der Waals surface area contributed by atoms with Gasteiger partial charge in [-0.2, -0.15) is 5.10 Å². The molecule has 1 amide bonds. The summed E-state index contributed by atoms with van der Waals surface area (Å²) in [5, 5.41) is 19.3. The SMILES string of the molecule is COC(=O)c1csc(NC(=O)[C@H](Cn2cccn2)n2c(O)c(-c3ccc4c(c3)OCCO4)[nH]c2=O)n1. The second-order valence-electron chi connectivity index (χ2n) is 7.62. The molecular formula is C22H20N6O7S. The Kier molecular flexibility index (Phi) is 6.16. The van der Waals surface area contributed by atoms with Crippen molar-refractivity contribution in [1.29, 1.82) is 0 Å². The lowest BCUT2D eigenvalue weighted by Crippen LogP contribution is -2.35. The van der Waals surface area contributed by atoms with Crippen LogP contribution in [0.2, 0.25) is 0 Å². The van der Waals surface area contributed by atoms with Crippen molar-refractivity contribution in [3.05, 3.63) is 58.2 Å². The molecule has 36 heavy (non-hydrogen) atoms. The fraction of sp³-hybridized carbons (Fsp3) is 0.227. The topological polar surface area (TPSA) is 163 Å². The lowest BCUT2D eigenvalue weighted by Gasteiger charge is -2.19. The molecule has 14 heteroatoms. The number of ether oxygens (including phenoxy) is 3. The fourth-order valence-electron chi connectivity index (χ4n) is 3.71. The third kappa shape index (κ3) is 4.40. The highest BCUT2D eigenvalue weighted by Gasteiger charge is 2.30. The van der Waals surface area contributed by atoms with Crippen LogP contribution in [0.15, 0.2) is 46.8 Å². The second-order valence-corrected chi connectivity index (χ2v) is 8.48. The van der Waals surface area contributed by atoms with Gasteiger partial charge in [0.05, 0.1) is 13.7 Å². The molecule has 0 bridgehead atoms. The van der Waals surface area contributed by atoms with E-state index in [1.165, 1.54) is 23.4 Å². The zero-order chi connectivity index (χ0) is 25.2. The number of methoxy groups -OCH3 is 1. The number of aromatic amines is 1. The third-order valence-corrected chi connectivity index (χ3v) is 6.15. The Morgan fingerprint density at radius 3 is 2.86 bits per heavy atom. The zero-order valence-corrected chi connectivity index (χ0v) is 19.7. The van der Waals surface area contributed by atoms with Crippen LogP contribution in [0.4, 0.5) is 5.13 Å². The quantitative estimate of drug-likeness (QED) is 0.312. The first-order chi connectivity index (χ1) is 17.4. The lowest BCUT2D eigenvalue weighted by molar-refractivity contribution is -0.119. The number of aromatic nitrogens is 5. The number of hydrogen-bond acceptors (Lipinski definition) is 10. The van der Waals surface area contributed by atoms with Crippen molar-refractivity contribution >= 4 is 28.3 Å². The monoisotopic (exact) mass is 512 g/mol. The van der Waals surface area contributed by atoms with E-state index in [9.17, 15) is 19.5 Å². The number of thiazole rings is 1. The number of nitrogens with zero attached hydrogens (tertiary/aromatic N) is 4. The number of rotatable bonds is 7. The first-order valence-electron chi connectivity index (χ1n) is 10.7. The number of hydrogen-bond donors (Lipinski definition) is 3. The fourth-order valence-corrected chi connectivity index (χ4v) is 4.40. The van der Waals surface area contributed by atoms with Gasteiger partial charge in [-0.15, -0.1) is 11.3 Å². The summed E-state index contributed by atoms with van der Waals surface area (Å²) in [4.78, 5) is 44.6. The minimum atomic E-state index is -1.22. The lowest BCUT2D eigenvalue weighted by atomic mass is 10.1. The molecule has 1 aliphatic heterocycles. The van der Waals surface area contributed by atoms with Gasteiger partial charge in [-0.3, -0.25) is 9.48 Å². The van der Waals surface area contributed by atoms with Crippen LogP contribution >= 0.6 is 11.3 Å². The first kappa shape index (κ1) is 23.2. The van der Waals surface area contributed by atoms with Crippen molar-refractivity contribution in [3.63, 3.8) is 0 Å². The Balaban J connectivity index is 1.49. The van der Waals surface area contributed by atoms with E-state index in [1.807, 2.05) is 0 Å². The highest BCUT2D eigenvalue weighted by molar-refractivity contribution is 7.14. The molecule has 0 aliphatic carbocycles. The van der Waals surface area contributed by atoms with Gasteiger partial charge in [0.1, 0.15) is 24.9 Å². The van der Waals surface area contributed by atoms with E-state index >= 15 is 0 Å². The molecule has 1 aliphatic rings. The van der Waals surface area contributed by atoms with Crippen molar-refractivity contribution in [2.75, 3.05) is 25.6 Å². The van der Waals surface area contributed by atoms with Crippen LogP contribution in [-0.2, 0) is 16.1 Å². The smallest absolute Gasteiger partial charge is 0.357 e. The van der Waals surface area contributed by atoms with Gasteiger partial charge in [0, 0.05) is 23.3 Å². The number of amides is 1. The largest absolute Gasteiger partial charge is 0.493 e. The summed E-state index contributed by atoms with van der Waals surface area (Å²) < 4.78 is 18.1. The summed E-state index contributed by atoms with van der Waals surface area (Å²) in [5.74, 6) is -0.720. The van der Waals surface area contributed by atoms with E-state index in [-0.39, 0.29) is 23.1 Å². The predicted octanol–water partition coefficient (Wildman–Crippen LogP) is 1.64. The van der Waals surface area contributed by atoms with Crippen LogP contribution in [0.5, 0.6) is 17.4 Å². The second kappa shape index (κ2) is 9.58. The Labute approximate surface area is 206 Å². The number of fused-ring (bicyclic) bond motifs is 1. The molecule has 1 aromatic carbocycles. The van der Waals surface area contributed by atoms with E-state index < -0.39 is 29.5 Å². The van der Waals surface area contributed by atoms with Gasteiger partial charge in [-0.1, -0.05) is 0 Å². The zero-order valence-electron chi connectivity index (χ0n) is 18.8. The third-order valence-electron chi connectivity index (χ3n) is 5.40. The molecule has 13 nitrogen and oxygen atoms in total. The predicted molar refractivity (Wildman–Crippen MR) is 126 cm³/mol. The van der Waals surface area contributed by atoms with Crippen LogP contribution in [-0.4, -0.2) is 61.6 Å². The molecule has 3 N–H and O–H groups in total. The molecule has 5 rings (SSSR count). The first-order valence-corrected chi connectivity index (χ1v) is 11.6. The van der Waals surface area contributed by atoms with E-state index in [0.717, 1.165) is 15.9 Å². The standard InChI is InChI=1S/C22H20N6O7S/c1-33-20(31)13-11-36-21(24-13)26-18(29)14(10-27-6-2-5-23-27)28-19(30)17(25-22(28)32)12-3-4-15-16(9-12)35-8-7-34-15/h2-6,9,11,14,30H,7-8,10H2,1H3,(H,25,32)(H,24,26,29)/t14-/m0/s1. The number of carbonyl (C=O) groups is 2. The summed E-state index contributed by atoms with van der Waals surface area (Å²) in [7, 11) is 1.22. The number of carbonyl (C=O) groups excluding carboxylic acids is 2. The van der Waals surface area contributed by atoms with Gasteiger partial charge in [-0.05, 0) is 24.3 Å². The molecule has 4 aromatic rings. The Hall–Kier alpha value is -4.59. The van der Waals surface area contributed by atoms with Crippen molar-refractivity contribution in [2.24, 2.45) is 0 Å². The normalized spacial score (nSPS) is 13.2. The van der Waals surface area contributed by atoms with E-state index in [1.54, 1.807) is 30.5 Å². The molecule has 3 aromatic heterocycles. The summed E-state index contributed by atoms with van der Waals surface area (Å²) in [6.45, 7) is 0.732. The maximum atomic E-state index is 13.3. The molecule has 0 unspecified atom stereocenters. The van der Waals surface area contributed by atoms with Crippen molar-refractivity contribution in [3.8, 4) is 28.6 Å². The molecule has 0 fully saturated rings. The highest BCUT2D eigenvalue weighted by Crippen LogP contribution is 2.37. The van der Waals surface area contributed by atoms with Gasteiger partial charge < -0.3 is 29.6 Å². The minimum Gasteiger partial charge on any atom is -0.493 e. The van der Waals surface area contributed by atoms with Crippen LogP contribution in [0.3, 0.4) is 0 Å². The van der Waals surface area contributed by atoms with Crippen LogP contribution in [0.25, 0.3) is 11.3 Å². The van der Waals surface area contributed by atoms with Crippen LogP contribution < -0.4 is 20.5 Å². The number of anilines is 1. The molecule has 0 radical (unpaired) electrons. The van der Waals surface area contributed by atoms with Crippen molar-refractivity contribution in [1.82, 2.24) is 24.3 Å². The average molecular weight is 513 g/mol.